The van der Waals surface area contributed by atoms with Gasteiger partial charge in [0.05, 0.1) is 22.9 Å². The van der Waals surface area contributed by atoms with Gasteiger partial charge in [-0.15, -0.1) is 0 Å². The fourth-order valence-corrected chi connectivity index (χ4v) is 2.02. The molecule has 0 bridgehead atoms. The number of halogens is 3. The Morgan fingerprint density at radius 2 is 2.00 bits per heavy atom. The van der Waals surface area contributed by atoms with Gasteiger partial charge in [0.1, 0.15) is 5.82 Å². The monoisotopic (exact) mass is 259 g/mol. The normalized spacial score (nSPS) is 14.4. The van der Waals surface area contributed by atoms with E-state index in [1.165, 1.54) is 6.07 Å². The molecule has 1 amide bonds. The van der Waals surface area contributed by atoms with Gasteiger partial charge < -0.3 is 4.90 Å². The summed E-state index contributed by atoms with van der Waals surface area (Å²) in [6.45, 7) is -0.680. The largest absolute Gasteiger partial charge is 0.302 e. The molecule has 0 unspecified atom stereocenters. The molecule has 2 rings (SSSR count). The minimum Gasteiger partial charge on any atom is -0.302 e. The van der Waals surface area contributed by atoms with Crippen molar-refractivity contribution in [2.24, 2.45) is 0 Å². The summed E-state index contributed by atoms with van der Waals surface area (Å²) < 4.78 is 25.7. The number of anilines is 1. The van der Waals surface area contributed by atoms with Crippen LogP contribution in [0.5, 0.6) is 0 Å². The first-order valence-corrected chi connectivity index (χ1v) is 5.36. The van der Waals surface area contributed by atoms with Crippen LogP contribution in [-0.2, 0) is 4.79 Å². The zero-order valence-corrected chi connectivity index (χ0v) is 9.43. The number of rotatable bonds is 3. The fraction of sp³-hybridized carbons (Fsp3) is 0.273. The van der Waals surface area contributed by atoms with Gasteiger partial charge in [0.15, 0.2) is 0 Å². The van der Waals surface area contributed by atoms with Crippen LogP contribution in [0, 0.1) is 5.82 Å². The van der Waals surface area contributed by atoms with Gasteiger partial charge >= 0.3 is 0 Å². The summed E-state index contributed by atoms with van der Waals surface area (Å²) in [5.41, 5.74) is -0.267. The SMILES string of the molecule is O=C1C(=O)N(CCCF)c2c(F)ccc(Cl)c21. The number of hydrogen-bond donors (Lipinski definition) is 0. The van der Waals surface area contributed by atoms with E-state index in [-0.39, 0.29) is 29.2 Å². The molecule has 0 atom stereocenters. The molecule has 0 aliphatic carbocycles. The highest BCUT2D eigenvalue weighted by Crippen LogP contribution is 2.36. The second-order valence-corrected chi connectivity index (χ2v) is 3.99. The molecule has 0 saturated heterocycles. The molecule has 0 saturated carbocycles. The van der Waals surface area contributed by atoms with Crippen molar-refractivity contribution in [3.63, 3.8) is 0 Å². The van der Waals surface area contributed by atoms with Crippen LogP contribution in [0.25, 0.3) is 0 Å². The minimum absolute atomic E-state index is 0.0301. The lowest BCUT2D eigenvalue weighted by Crippen LogP contribution is -2.31. The van der Waals surface area contributed by atoms with Gasteiger partial charge in [-0.25, -0.2) is 4.39 Å². The smallest absolute Gasteiger partial charge is 0.299 e. The topological polar surface area (TPSA) is 37.4 Å². The Hall–Kier alpha value is -1.49. The third-order valence-corrected chi connectivity index (χ3v) is 2.84. The number of hydrogen-bond acceptors (Lipinski definition) is 2. The summed E-state index contributed by atoms with van der Waals surface area (Å²) in [5, 5.41) is 0.0301. The summed E-state index contributed by atoms with van der Waals surface area (Å²) >= 11 is 5.76. The third kappa shape index (κ3) is 1.80. The van der Waals surface area contributed by atoms with Crippen LogP contribution in [-0.4, -0.2) is 24.9 Å². The number of Topliss-reactive ketones (excluding diaryl/α,β-unsaturated/α-hetero) is 1. The summed E-state index contributed by atoms with van der Waals surface area (Å²) in [6, 6.07) is 2.30. The summed E-state index contributed by atoms with van der Waals surface area (Å²) in [6.07, 6.45) is 0.0460. The minimum atomic E-state index is -0.861. The highest BCUT2D eigenvalue weighted by Gasteiger charge is 2.39. The molecule has 1 aromatic rings. The first-order chi connectivity index (χ1) is 8.07. The molecule has 1 aliphatic heterocycles. The molecular formula is C11H8ClF2NO2. The lowest BCUT2D eigenvalue weighted by Gasteiger charge is -2.16. The van der Waals surface area contributed by atoms with Gasteiger partial charge in [0.2, 0.25) is 0 Å². The molecule has 17 heavy (non-hydrogen) atoms. The maximum atomic E-state index is 13.6. The van der Waals surface area contributed by atoms with Crippen molar-refractivity contribution >= 4 is 29.0 Å². The van der Waals surface area contributed by atoms with Gasteiger partial charge in [-0.2, -0.15) is 0 Å². The van der Waals surface area contributed by atoms with Crippen molar-refractivity contribution in [3.8, 4) is 0 Å². The second-order valence-electron chi connectivity index (χ2n) is 3.58. The van der Waals surface area contributed by atoms with Crippen molar-refractivity contribution in [3.05, 3.63) is 28.5 Å². The predicted octanol–water partition coefficient (Wildman–Crippen LogP) is 2.37. The van der Waals surface area contributed by atoms with Crippen LogP contribution in [0.2, 0.25) is 5.02 Å². The first kappa shape index (κ1) is 12.0. The van der Waals surface area contributed by atoms with Crippen molar-refractivity contribution in [1.29, 1.82) is 0 Å². The molecule has 0 radical (unpaired) electrons. The number of amides is 1. The highest BCUT2D eigenvalue weighted by molar-refractivity contribution is 6.55. The molecule has 1 aromatic carbocycles. The van der Waals surface area contributed by atoms with Crippen LogP contribution in [0.4, 0.5) is 14.5 Å². The number of carbonyl (C=O) groups excluding carboxylic acids is 2. The van der Waals surface area contributed by atoms with Crippen molar-refractivity contribution in [2.45, 2.75) is 6.42 Å². The van der Waals surface area contributed by atoms with E-state index in [4.69, 9.17) is 11.6 Å². The maximum Gasteiger partial charge on any atom is 0.299 e. The number of alkyl halides is 1. The Kier molecular flexibility index (Phi) is 3.11. The molecule has 1 aliphatic rings. The molecule has 0 fully saturated rings. The van der Waals surface area contributed by atoms with Crippen LogP contribution < -0.4 is 4.90 Å². The number of nitrogens with zero attached hydrogens (tertiary/aromatic N) is 1. The predicted molar refractivity (Wildman–Crippen MR) is 58.7 cm³/mol. The van der Waals surface area contributed by atoms with E-state index in [1.807, 2.05) is 0 Å². The standard InChI is InChI=1S/C11H8ClF2NO2/c12-6-2-3-7(14)9-8(6)10(16)11(17)15(9)5-1-4-13/h2-3H,1,4-5H2. The highest BCUT2D eigenvalue weighted by atomic mass is 35.5. The molecule has 3 nitrogen and oxygen atoms in total. The van der Waals surface area contributed by atoms with Gasteiger partial charge in [-0.1, -0.05) is 11.6 Å². The maximum absolute atomic E-state index is 13.6. The summed E-state index contributed by atoms with van der Waals surface area (Å²) in [7, 11) is 0. The average Bonchev–Trinajstić information content (AvgIpc) is 2.56. The Labute approximate surface area is 101 Å². The van der Waals surface area contributed by atoms with E-state index in [0.29, 0.717) is 0 Å². The lowest BCUT2D eigenvalue weighted by atomic mass is 10.1. The van der Waals surface area contributed by atoms with Crippen LogP contribution in [0.15, 0.2) is 12.1 Å². The molecule has 0 N–H and O–H groups in total. The molecule has 90 valence electrons. The average molecular weight is 260 g/mol. The van der Waals surface area contributed by atoms with E-state index in [2.05, 4.69) is 0 Å². The molecular weight excluding hydrogens is 252 g/mol. The van der Waals surface area contributed by atoms with Crippen LogP contribution >= 0.6 is 11.6 Å². The van der Waals surface area contributed by atoms with Crippen LogP contribution in [0.3, 0.4) is 0 Å². The summed E-state index contributed by atoms with van der Waals surface area (Å²) in [5.74, 6) is -2.41. The quantitative estimate of drug-likeness (QED) is 0.782. The fourth-order valence-electron chi connectivity index (χ4n) is 1.78. The van der Waals surface area contributed by atoms with E-state index < -0.39 is 24.2 Å². The van der Waals surface area contributed by atoms with Crippen molar-refractivity contribution < 1.29 is 18.4 Å². The first-order valence-electron chi connectivity index (χ1n) is 4.98. The second kappa shape index (κ2) is 4.41. The third-order valence-electron chi connectivity index (χ3n) is 2.53. The number of benzene rings is 1. The Morgan fingerprint density at radius 3 is 2.65 bits per heavy atom. The van der Waals surface area contributed by atoms with E-state index in [0.717, 1.165) is 11.0 Å². The number of fused-ring (bicyclic) bond motifs is 1. The van der Waals surface area contributed by atoms with E-state index in [1.54, 1.807) is 0 Å². The van der Waals surface area contributed by atoms with Gasteiger partial charge in [0, 0.05) is 6.54 Å². The zero-order valence-electron chi connectivity index (χ0n) is 8.67. The van der Waals surface area contributed by atoms with Gasteiger partial charge in [-0.05, 0) is 18.6 Å². The number of ketones is 1. The lowest BCUT2D eigenvalue weighted by molar-refractivity contribution is -0.114. The van der Waals surface area contributed by atoms with E-state index >= 15 is 0 Å². The van der Waals surface area contributed by atoms with Crippen molar-refractivity contribution in [1.82, 2.24) is 0 Å². The van der Waals surface area contributed by atoms with E-state index in [9.17, 15) is 18.4 Å². The molecule has 0 spiro atoms. The zero-order chi connectivity index (χ0) is 12.6. The molecule has 1 heterocycles. The van der Waals surface area contributed by atoms with Gasteiger partial charge in [0.25, 0.3) is 11.7 Å². The Balaban J connectivity index is 2.52. The molecule has 6 heteroatoms. The van der Waals surface area contributed by atoms with Crippen LogP contribution in [0.1, 0.15) is 16.8 Å². The Morgan fingerprint density at radius 1 is 1.29 bits per heavy atom. The van der Waals surface area contributed by atoms with Gasteiger partial charge in [-0.3, -0.25) is 14.0 Å². The number of carbonyl (C=O) groups is 2. The van der Waals surface area contributed by atoms with Crippen molar-refractivity contribution in [2.75, 3.05) is 18.1 Å². The molecule has 0 aromatic heterocycles. The summed E-state index contributed by atoms with van der Waals surface area (Å²) in [4.78, 5) is 24.2. The Bertz CT molecular complexity index is 504.